The first-order valence-electron chi connectivity index (χ1n) is 5.15. The molecule has 5 nitrogen and oxygen atoms in total. The Morgan fingerprint density at radius 3 is 2.82 bits per heavy atom. The quantitative estimate of drug-likeness (QED) is 0.726. The molecule has 17 heavy (non-hydrogen) atoms. The van der Waals surface area contributed by atoms with Crippen molar-refractivity contribution < 1.29 is 23.5 Å². The van der Waals surface area contributed by atoms with Crippen molar-refractivity contribution in [3.05, 3.63) is 0 Å². The second-order valence-electron chi connectivity index (χ2n) is 3.56. The molecule has 1 fully saturated rings. The third-order valence-corrected chi connectivity index (χ3v) is 3.14. The van der Waals surface area contributed by atoms with E-state index in [2.05, 4.69) is 5.32 Å². The van der Waals surface area contributed by atoms with Gasteiger partial charge in [-0.25, -0.2) is 8.78 Å². The highest BCUT2D eigenvalue weighted by atomic mass is 32.2. The molecule has 1 unspecified atom stereocenters. The average molecular weight is 268 g/mol. The molecule has 0 saturated carbocycles. The number of halogens is 2. The van der Waals surface area contributed by atoms with Crippen molar-refractivity contribution in [2.45, 2.75) is 19.0 Å². The minimum atomic E-state index is -2.87. The second kappa shape index (κ2) is 6.75. The molecule has 98 valence electrons. The first kappa shape index (κ1) is 14.2. The Kier molecular flexibility index (Phi) is 5.63. The molecule has 8 heteroatoms. The van der Waals surface area contributed by atoms with Crippen molar-refractivity contribution in [2.24, 2.45) is 0 Å². The first-order chi connectivity index (χ1) is 8.00. The fourth-order valence-corrected chi connectivity index (χ4v) is 2.11. The summed E-state index contributed by atoms with van der Waals surface area (Å²) in [6, 6.07) is 0. The number of hydrogen-bond acceptors (Lipinski definition) is 4. The van der Waals surface area contributed by atoms with E-state index in [1.807, 2.05) is 0 Å². The number of nitrogens with zero attached hydrogens (tertiary/aromatic N) is 1. The van der Waals surface area contributed by atoms with Crippen LogP contribution in [-0.2, 0) is 4.79 Å². The molecule has 1 aliphatic heterocycles. The van der Waals surface area contributed by atoms with Gasteiger partial charge in [0.1, 0.15) is 6.10 Å². The van der Waals surface area contributed by atoms with Gasteiger partial charge in [0.05, 0.1) is 0 Å². The number of amides is 2. The topological polar surface area (TPSA) is 69.6 Å². The van der Waals surface area contributed by atoms with E-state index in [0.29, 0.717) is 12.3 Å². The van der Waals surface area contributed by atoms with Gasteiger partial charge in [0.25, 0.3) is 11.7 Å². The van der Waals surface area contributed by atoms with Crippen LogP contribution < -0.4 is 5.32 Å². The zero-order valence-electron chi connectivity index (χ0n) is 9.07. The SMILES string of the molecule is O=C(CCN1CCSC1=O)NCC(O)C(F)F. The summed E-state index contributed by atoms with van der Waals surface area (Å²) in [5.74, 6) is 0.263. The normalized spacial score (nSPS) is 17.6. The van der Waals surface area contributed by atoms with Gasteiger partial charge in [0, 0.05) is 31.8 Å². The van der Waals surface area contributed by atoms with Gasteiger partial charge in [0.15, 0.2) is 0 Å². The summed E-state index contributed by atoms with van der Waals surface area (Å²) in [4.78, 5) is 23.9. The molecule has 0 aromatic carbocycles. The number of alkyl halides is 2. The third-order valence-electron chi connectivity index (χ3n) is 2.25. The van der Waals surface area contributed by atoms with Crippen LogP contribution in [0.5, 0.6) is 0 Å². The molecule has 1 aliphatic rings. The molecule has 0 bridgehead atoms. The Bertz CT molecular complexity index is 291. The van der Waals surface area contributed by atoms with E-state index < -0.39 is 25.0 Å². The second-order valence-corrected chi connectivity index (χ2v) is 4.60. The van der Waals surface area contributed by atoms with Crippen LogP contribution in [0.1, 0.15) is 6.42 Å². The number of aliphatic hydroxyl groups is 1. The molecule has 1 saturated heterocycles. The van der Waals surface area contributed by atoms with Crippen molar-refractivity contribution >= 4 is 22.9 Å². The molecule has 1 atom stereocenters. The van der Waals surface area contributed by atoms with Crippen LogP contribution in [0, 0.1) is 0 Å². The summed E-state index contributed by atoms with van der Waals surface area (Å²) in [6.45, 7) is 0.415. The molecule has 0 radical (unpaired) electrons. The number of hydrogen-bond donors (Lipinski definition) is 2. The fraction of sp³-hybridized carbons (Fsp3) is 0.778. The smallest absolute Gasteiger partial charge is 0.281 e. The predicted octanol–water partition coefficient (Wildman–Crippen LogP) is 0.287. The van der Waals surface area contributed by atoms with Gasteiger partial charge in [-0.1, -0.05) is 11.8 Å². The van der Waals surface area contributed by atoms with E-state index in [9.17, 15) is 18.4 Å². The molecule has 0 aromatic rings. The summed E-state index contributed by atoms with van der Waals surface area (Å²) in [7, 11) is 0. The summed E-state index contributed by atoms with van der Waals surface area (Å²) < 4.78 is 23.8. The van der Waals surface area contributed by atoms with E-state index in [-0.39, 0.29) is 18.2 Å². The van der Waals surface area contributed by atoms with Crippen LogP contribution in [0.25, 0.3) is 0 Å². The maximum Gasteiger partial charge on any atom is 0.281 e. The Balaban J connectivity index is 2.15. The zero-order valence-corrected chi connectivity index (χ0v) is 9.88. The van der Waals surface area contributed by atoms with Gasteiger partial charge in [-0.2, -0.15) is 0 Å². The van der Waals surface area contributed by atoms with Crippen molar-refractivity contribution in [3.8, 4) is 0 Å². The largest absolute Gasteiger partial charge is 0.385 e. The minimum Gasteiger partial charge on any atom is -0.385 e. The number of carbonyl (C=O) groups is 2. The van der Waals surface area contributed by atoms with Crippen molar-refractivity contribution in [1.29, 1.82) is 0 Å². The highest BCUT2D eigenvalue weighted by molar-refractivity contribution is 8.13. The molecule has 2 N–H and O–H groups in total. The number of carbonyl (C=O) groups excluding carboxylic acids is 2. The number of rotatable bonds is 6. The predicted molar refractivity (Wildman–Crippen MR) is 59.1 cm³/mol. The van der Waals surface area contributed by atoms with Gasteiger partial charge in [-0.3, -0.25) is 9.59 Å². The van der Waals surface area contributed by atoms with Gasteiger partial charge >= 0.3 is 0 Å². The summed E-state index contributed by atoms with van der Waals surface area (Å²) in [6.07, 6.45) is -4.66. The van der Waals surface area contributed by atoms with Crippen LogP contribution in [0.3, 0.4) is 0 Å². The van der Waals surface area contributed by atoms with Crippen molar-refractivity contribution in [1.82, 2.24) is 10.2 Å². The van der Waals surface area contributed by atoms with Crippen LogP contribution in [0.2, 0.25) is 0 Å². The van der Waals surface area contributed by atoms with Crippen LogP contribution in [0.4, 0.5) is 13.6 Å². The molecule has 2 amide bonds. The Labute approximate surface area is 102 Å². The number of aliphatic hydroxyl groups excluding tert-OH is 1. The highest BCUT2D eigenvalue weighted by Gasteiger charge is 2.22. The van der Waals surface area contributed by atoms with E-state index in [0.717, 1.165) is 0 Å². The zero-order chi connectivity index (χ0) is 12.8. The molecular formula is C9H14F2N2O3S. The van der Waals surface area contributed by atoms with Crippen molar-refractivity contribution in [3.63, 3.8) is 0 Å². The monoisotopic (exact) mass is 268 g/mol. The number of nitrogens with one attached hydrogen (secondary N) is 1. The van der Waals surface area contributed by atoms with Crippen LogP contribution in [0.15, 0.2) is 0 Å². The Morgan fingerprint density at radius 1 is 1.59 bits per heavy atom. The molecule has 0 spiro atoms. The summed E-state index contributed by atoms with van der Waals surface area (Å²) in [5, 5.41) is 10.9. The van der Waals surface area contributed by atoms with E-state index in [4.69, 9.17) is 5.11 Å². The maximum absolute atomic E-state index is 11.9. The van der Waals surface area contributed by atoms with E-state index >= 15 is 0 Å². The van der Waals surface area contributed by atoms with Gasteiger partial charge in [0.2, 0.25) is 5.91 Å². The van der Waals surface area contributed by atoms with Crippen molar-refractivity contribution in [2.75, 3.05) is 25.4 Å². The lowest BCUT2D eigenvalue weighted by Gasteiger charge is -2.15. The maximum atomic E-state index is 11.9. The van der Waals surface area contributed by atoms with Crippen LogP contribution in [-0.4, -0.2) is 59.1 Å². The van der Waals surface area contributed by atoms with E-state index in [1.54, 1.807) is 0 Å². The Morgan fingerprint density at radius 2 is 2.29 bits per heavy atom. The third kappa shape index (κ3) is 4.86. The van der Waals surface area contributed by atoms with Gasteiger partial charge in [-0.15, -0.1) is 0 Å². The van der Waals surface area contributed by atoms with E-state index in [1.165, 1.54) is 16.7 Å². The average Bonchev–Trinajstić information content (AvgIpc) is 2.68. The molecule has 0 aliphatic carbocycles. The summed E-state index contributed by atoms with van der Waals surface area (Å²) >= 11 is 1.20. The summed E-state index contributed by atoms with van der Waals surface area (Å²) in [5.41, 5.74) is 0. The Hall–Kier alpha value is -0.890. The number of thioether (sulfide) groups is 1. The van der Waals surface area contributed by atoms with Gasteiger partial charge < -0.3 is 15.3 Å². The highest BCUT2D eigenvalue weighted by Crippen LogP contribution is 2.16. The standard InChI is InChI=1S/C9H14F2N2O3S/c10-8(11)6(14)5-12-7(15)1-2-13-3-4-17-9(13)16/h6,8,14H,1-5H2,(H,12,15). The molecular weight excluding hydrogens is 254 g/mol. The minimum absolute atomic E-state index is 0.0578. The fourth-order valence-electron chi connectivity index (χ4n) is 1.26. The molecule has 1 rings (SSSR count). The first-order valence-corrected chi connectivity index (χ1v) is 6.14. The lowest BCUT2D eigenvalue weighted by atomic mass is 10.3. The lowest BCUT2D eigenvalue weighted by Crippen LogP contribution is -2.37. The van der Waals surface area contributed by atoms with Gasteiger partial charge in [-0.05, 0) is 0 Å². The van der Waals surface area contributed by atoms with Crippen LogP contribution >= 0.6 is 11.8 Å². The molecule has 1 heterocycles. The molecule has 0 aromatic heterocycles. The lowest BCUT2D eigenvalue weighted by molar-refractivity contribution is -0.122.